The predicted molar refractivity (Wildman–Crippen MR) is 71.9 cm³/mol. The van der Waals surface area contributed by atoms with Gasteiger partial charge in [0.2, 0.25) is 0 Å². The van der Waals surface area contributed by atoms with Crippen molar-refractivity contribution >= 4 is 0 Å². The fourth-order valence-corrected chi connectivity index (χ4v) is 1.81. The average molecular weight is 236 g/mol. The van der Waals surface area contributed by atoms with Crippen molar-refractivity contribution in [2.75, 3.05) is 26.7 Å². The molecular weight excluding hydrogens is 212 g/mol. The molecule has 17 heavy (non-hydrogen) atoms. The van der Waals surface area contributed by atoms with Crippen molar-refractivity contribution in [3.8, 4) is 0 Å². The number of benzene rings is 1. The second-order valence-electron chi connectivity index (χ2n) is 4.32. The van der Waals surface area contributed by atoms with E-state index in [9.17, 15) is 0 Å². The summed E-state index contributed by atoms with van der Waals surface area (Å²) in [6, 6.07) is 10.7. The van der Waals surface area contributed by atoms with E-state index in [4.69, 9.17) is 10.5 Å². The number of ether oxygens (including phenoxy) is 1. The number of likely N-dealkylation sites (N-methyl/N-ethyl adjacent to an activating group) is 1. The van der Waals surface area contributed by atoms with Crippen LogP contribution in [0.2, 0.25) is 0 Å². The molecule has 3 heteroatoms. The minimum absolute atomic E-state index is 0.468. The van der Waals surface area contributed by atoms with E-state index in [1.807, 2.05) is 18.2 Å². The van der Waals surface area contributed by atoms with Gasteiger partial charge in [-0.2, -0.15) is 0 Å². The van der Waals surface area contributed by atoms with Crippen LogP contribution in [0.25, 0.3) is 0 Å². The highest BCUT2D eigenvalue weighted by atomic mass is 16.5. The third-order valence-electron chi connectivity index (χ3n) is 3.07. The summed E-state index contributed by atoms with van der Waals surface area (Å²) in [6.45, 7) is 5.25. The Bertz CT molecular complexity index is 286. The zero-order valence-corrected chi connectivity index (χ0v) is 10.9. The van der Waals surface area contributed by atoms with Gasteiger partial charge in [-0.15, -0.1) is 0 Å². The van der Waals surface area contributed by atoms with Gasteiger partial charge in [0.25, 0.3) is 0 Å². The predicted octanol–water partition coefficient (Wildman–Crippen LogP) is 1.87. The monoisotopic (exact) mass is 236 g/mol. The number of hydrogen-bond donors (Lipinski definition) is 1. The SMILES string of the molecule is CCC(CN)N(C)CCOCc1ccccc1. The van der Waals surface area contributed by atoms with Gasteiger partial charge in [0, 0.05) is 19.1 Å². The van der Waals surface area contributed by atoms with Crippen LogP contribution in [0.3, 0.4) is 0 Å². The van der Waals surface area contributed by atoms with Crippen molar-refractivity contribution in [1.82, 2.24) is 4.90 Å². The van der Waals surface area contributed by atoms with Gasteiger partial charge in [0.1, 0.15) is 0 Å². The van der Waals surface area contributed by atoms with E-state index in [-0.39, 0.29) is 0 Å². The molecule has 0 aliphatic rings. The van der Waals surface area contributed by atoms with Gasteiger partial charge in [0.05, 0.1) is 13.2 Å². The Labute approximate surface area is 105 Å². The van der Waals surface area contributed by atoms with Gasteiger partial charge in [0.15, 0.2) is 0 Å². The first-order valence-corrected chi connectivity index (χ1v) is 6.30. The van der Waals surface area contributed by atoms with Crippen LogP contribution >= 0.6 is 0 Å². The molecule has 0 aliphatic carbocycles. The zero-order chi connectivity index (χ0) is 12.5. The molecule has 0 bridgehead atoms. The molecule has 3 nitrogen and oxygen atoms in total. The van der Waals surface area contributed by atoms with Crippen LogP contribution in [-0.2, 0) is 11.3 Å². The largest absolute Gasteiger partial charge is 0.375 e. The normalized spacial score (nSPS) is 12.9. The van der Waals surface area contributed by atoms with Crippen LogP contribution in [0.1, 0.15) is 18.9 Å². The molecule has 0 aliphatic heterocycles. The third kappa shape index (κ3) is 5.31. The van der Waals surface area contributed by atoms with Crippen molar-refractivity contribution < 1.29 is 4.74 Å². The van der Waals surface area contributed by atoms with Crippen LogP contribution < -0.4 is 5.73 Å². The Morgan fingerprint density at radius 3 is 2.59 bits per heavy atom. The minimum atomic E-state index is 0.468. The van der Waals surface area contributed by atoms with Crippen LogP contribution in [0.4, 0.5) is 0 Å². The van der Waals surface area contributed by atoms with E-state index in [1.165, 1.54) is 5.56 Å². The minimum Gasteiger partial charge on any atom is -0.375 e. The topological polar surface area (TPSA) is 38.5 Å². The van der Waals surface area contributed by atoms with Crippen LogP contribution in [0, 0.1) is 0 Å². The molecule has 0 fully saturated rings. The Morgan fingerprint density at radius 1 is 1.29 bits per heavy atom. The van der Waals surface area contributed by atoms with E-state index >= 15 is 0 Å². The lowest BCUT2D eigenvalue weighted by molar-refractivity contribution is 0.0881. The van der Waals surface area contributed by atoms with E-state index < -0.39 is 0 Å². The summed E-state index contributed by atoms with van der Waals surface area (Å²) in [5, 5.41) is 0. The molecule has 96 valence electrons. The summed E-state index contributed by atoms with van der Waals surface area (Å²) in [5.74, 6) is 0. The Kier molecular flexibility index (Phi) is 6.86. The summed E-state index contributed by atoms with van der Waals surface area (Å²) in [7, 11) is 2.10. The van der Waals surface area contributed by atoms with Crippen LogP contribution in [-0.4, -0.2) is 37.7 Å². The maximum atomic E-state index is 5.70. The van der Waals surface area contributed by atoms with Gasteiger partial charge in [-0.05, 0) is 19.0 Å². The van der Waals surface area contributed by atoms with Crippen molar-refractivity contribution in [3.63, 3.8) is 0 Å². The lowest BCUT2D eigenvalue weighted by Gasteiger charge is -2.25. The first-order valence-electron chi connectivity index (χ1n) is 6.30. The van der Waals surface area contributed by atoms with Crippen molar-refractivity contribution in [1.29, 1.82) is 0 Å². The molecule has 0 saturated heterocycles. The van der Waals surface area contributed by atoms with Gasteiger partial charge >= 0.3 is 0 Å². The molecule has 1 aromatic rings. The number of nitrogens with two attached hydrogens (primary N) is 1. The van der Waals surface area contributed by atoms with Crippen LogP contribution in [0.15, 0.2) is 30.3 Å². The molecular formula is C14H24N2O. The van der Waals surface area contributed by atoms with Gasteiger partial charge in [-0.3, -0.25) is 4.90 Å². The highest BCUT2D eigenvalue weighted by molar-refractivity contribution is 5.13. The Morgan fingerprint density at radius 2 is 2.00 bits per heavy atom. The summed E-state index contributed by atoms with van der Waals surface area (Å²) < 4.78 is 5.65. The Hall–Kier alpha value is -0.900. The molecule has 1 aromatic carbocycles. The summed E-state index contributed by atoms with van der Waals surface area (Å²) in [6.07, 6.45) is 1.09. The molecule has 2 N–H and O–H groups in total. The third-order valence-corrected chi connectivity index (χ3v) is 3.07. The summed E-state index contributed by atoms with van der Waals surface area (Å²) in [4.78, 5) is 2.27. The van der Waals surface area contributed by atoms with Crippen molar-refractivity contribution in [2.45, 2.75) is 26.0 Å². The number of nitrogens with zero attached hydrogens (tertiary/aromatic N) is 1. The highest BCUT2D eigenvalue weighted by Crippen LogP contribution is 2.02. The Balaban J connectivity index is 2.16. The molecule has 0 spiro atoms. The number of rotatable bonds is 8. The molecule has 0 heterocycles. The molecule has 0 radical (unpaired) electrons. The van der Waals surface area contributed by atoms with E-state index in [2.05, 4.69) is 31.0 Å². The second kappa shape index (κ2) is 8.23. The first-order chi connectivity index (χ1) is 8.27. The smallest absolute Gasteiger partial charge is 0.0717 e. The fraction of sp³-hybridized carbons (Fsp3) is 0.571. The number of hydrogen-bond acceptors (Lipinski definition) is 3. The lowest BCUT2D eigenvalue weighted by atomic mass is 10.2. The van der Waals surface area contributed by atoms with Gasteiger partial charge in [-0.25, -0.2) is 0 Å². The van der Waals surface area contributed by atoms with Gasteiger partial charge in [-0.1, -0.05) is 37.3 Å². The molecule has 1 unspecified atom stereocenters. The van der Waals surface area contributed by atoms with Crippen molar-refractivity contribution in [2.24, 2.45) is 5.73 Å². The van der Waals surface area contributed by atoms with Crippen molar-refractivity contribution in [3.05, 3.63) is 35.9 Å². The van der Waals surface area contributed by atoms with E-state index in [0.29, 0.717) is 19.2 Å². The second-order valence-corrected chi connectivity index (χ2v) is 4.32. The molecule has 1 atom stereocenters. The molecule has 1 rings (SSSR count). The molecule has 0 aromatic heterocycles. The standard InChI is InChI=1S/C14H24N2O/c1-3-14(11-15)16(2)9-10-17-12-13-7-5-4-6-8-13/h4-8,14H,3,9-12,15H2,1-2H3. The fourth-order valence-electron chi connectivity index (χ4n) is 1.81. The zero-order valence-electron chi connectivity index (χ0n) is 10.9. The lowest BCUT2D eigenvalue weighted by Crippen LogP contribution is -2.39. The summed E-state index contributed by atoms with van der Waals surface area (Å²) >= 11 is 0. The van der Waals surface area contributed by atoms with Gasteiger partial charge < -0.3 is 10.5 Å². The van der Waals surface area contributed by atoms with E-state index in [1.54, 1.807) is 0 Å². The summed E-state index contributed by atoms with van der Waals surface area (Å²) in [5.41, 5.74) is 6.92. The van der Waals surface area contributed by atoms with Crippen LogP contribution in [0.5, 0.6) is 0 Å². The quantitative estimate of drug-likeness (QED) is 0.700. The average Bonchev–Trinajstić information content (AvgIpc) is 2.37. The maximum absolute atomic E-state index is 5.70. The maximum Gasteiger partial charge on any atom is 0.0717 e. The molecule has 0 saturated carbocycles. The highest BCUT2D eigenvalue weighted by Gasteiger charge is 2.09. The molecule has 0 amide bonds. The first kappa shape index (κ1) is 14.2. The van der Waals surface area contributed by atoms with E-state index in [0.717, 1.165) is 19.6 Å².